The highest BCUT2D eigenvalue weighted by Gasteiger charge is 2.17. The molecule has 0 saturated carbocycles. The number of nitrogens with zero attached hydrogens (tertiary/aromatic N) is 1. The van der Waals surface area contributed by atoms with Gasteiger partial charge in [-0.1, -0.05) is 30.3 Å². The van der Waals surface area contributed by atoms with Gasteiger partial charge in [0.05, 0.1) is 19.7 Å². The normalized spacial score (nSPS) is 10.5. The average molecular weight is 361 g/mol. The van der Waals surface area contributed by atoms with Gasteiger partial charge in [-0.05, 0) is 12.6 Å². The number of benzene rings is 1. The molecule has 0 aliphatic heterocycles. The standard InChI is InChI=1S/C17H23N5O4/c1-18-11-13(23)20-15-14(19-10-12-6-4-3-5-7-12)16(24)21-17(25)22(15)8-9-26-2/h3-7,18-19H,8-11H2,1-2H3,(H,20,23)(H,21,24,25). The Hall–Kier alpha value is -2.91. The molecular formula is C17H23N5O4. The number of H-pyrrole nitrogens is 1. The van der Waals surface area contributed by atoms with Crippen LogP contribution in [0, 0.1) is 0 Å². The monoisotopic (exact) mass is 361 g/mol. The Morgan fingerprint density at radius 3 is 2.62 bits per heavy atom. The van der Waals surface area contributed by atoms with Crippen molar-refractivity contribution in [3.05, 3.63) is 56.7 Å². The summed E-state index contributed by atoms with van der Waals surface area (Å²) in [6, 6.07) is 9.47. The Labute approximate surface area is 150 Å². The molecule has 0 bridgehead atoms. The molecule has 2 aromatic rings. The summed E-state index contributed by atoms with van der Waals surface area (Å²) >= 11 is 0. The Kier molecular flexibility index (Phi) is 7.12. The number of anilines is 2. The number of hydrogen-bond donors (Lipinski definition) is 4. The zero-order valence-corrected chi connectivity index (χ0v) is 14.8. The van der Waals surface area contributed by atoms with Crippen LogP contribution in [-0.2, 0) is 22.6 Å². The van der Waals surface area contributed by atoms with Crippen molar-refractivity contribution in [1.29, 1.82) is 0 Å². The summed E-state index contributed by atoms with van der Waals surface area (Å²) in [7, 11) is 3.13. The number of aromatic nitrogens is 2. The number of rotatable bonds is 9. The first-order valence-corrected chi connectivity index (χ1v) is 8.15. The van der Waals surface area contributed by atoms with Gasteiger partial charge < -0.3 is 20.7 Å². The molecule has 1 aromatic heterocycles. The highest BCUT2D eigenvalue weighted by Crippen LogP contribution is 2.16. The molecule has 0 radical (unpaired) electrons. The van der Waals surface area contributed by atoms with Crippen LogP contribution in [0.5, 0.6) is 0 Å². The maximum Gasteiger partial charge on any atom is 0.330 e. The first-order valence-electron chi connectivity index (χ1n) is 8.15. The largest absolute Gasteiger partial charge is 0.383 e. The lowest BCUT2D eigenvalue weighted by atomic mass is 10.2. The third-order valence-electron chi connectivity index (χ3n) is 3.63. The second kappa shape index (κ2) is 9.54. The van der Waals surface area contributed by atoms with Crippen molar-refractivity contribution in [1.82, 2.24) is 14.9 Å². The van der Waals surface area contributed by atoms with E-state index in [2.05, 4.69) is 20.9 Å². The van der Waals surface area contributed by atoms with Crippen molar-refractivity contribution < 1.29 is 9.53 Å². The van der Waals surface area contributed by atoms with Crippen molar-refractivity contribution in [3.63, 3.8) is 0 Å². The molecule has 2 rings (SSSR count). The number of nitrogens with one attached hydrogen (secondary N) is 4. The van der Waals surface area contributed by atoms with E-state index in [9.17, 15) is 14.4 Å². The average Bonchev–Trinajstić information content (AvgIpc) is 2.62. The fourth-order valence-corrected chi connectivity index (χ4v) is 2.38. The molecule has 1 heterocycles. The molecule has 1 amide bonds. The van der Waals surface area contributed by atoms with Crippen LogP contribution in [0.2, 0.25) is 0 Å². The van der Waals surface area contributed by atoms with Gasteiger partial charge in [0.1, 0.15) is 11.5 Å². The maximum absolute atomic E-state index is 12.3. The second-order valence-electron chi connectivity index (χ2n) is 5.54. The molecule has 0 saturated heterocycles. The van der Waals surface area contributed by atoms with Gasteiger partial charge in [0.25, 0.3) is 5.56 Å². The van der Waals surface area contributed by atoms with Gasteiger partial charge in [-0.3, -0.25) is 19.1 Å². The summed E-state index contributed by atoms with van der Waals surface area (Å²) in [6.07, 6.45) is 0. The van der Waals surface area contributed by atoms with E-state index >= 15 is 0 Å². The van der Waals surface area contributed by atoms with E-state index in [0.717, 1.165) is 5.56 Å². The van der Waals surface area contributed by atoms with E-state index in [0.29, 0.717) is 6.54 Å². The summed E-state index contributed by atoms with van der Waals surface area (Å²) in [6.45, 7) is 0.838. The van der Waals surface area contributed by atoms with E-state index in [1.165, 1.54) is 11.7 Å². The Morgan fingerprint density at radius 2 is 1.96 bits per heavy atom. The molecular weight excluding hydrogens is 338 g/mol. The first kappa shape index (κ1) is 19.4. The van der Waals surface area contributed by atoms with Gasteiger partial charge in [-0.25, -0.2) is 4.79 Å². The van der Waals surface area contributed by atoms with Gasteiger partial charge >= 0.3 is 5.69 Å². The minimum absolute atomic E-state index is 0.0450. The second-order valence-corrected chi connectivity index (χ2v) is 5.54. The van der Waals surface area contributed by atoms with E-state index in [1.54, 1.807) is 7.05 Å². The summed E-state index contributed by atoms with van der Waals surface area (Å²) in [5.74, 6) is -0.251. The molecule has 26 heavy (non-hydrogen) atoms. The minimum atomic E-state index is -0.614. The summed E-state index contributed by atoms with van der Waals surface area (Å²) in [4.78, 5) is 38.8. The van der Waals surface area contributed by atoms with E-state index in [1.807, 2.05) is 30.3 Å². The number of ether oxygens (including phenoxy) is 1. The summed E-state index contributed by atoms with van der Waals surface area (Å²) < 4.78 is 6.28. The third kappa shape index (κ3) is 5.04. The van der Waals surface area contributed by atoms with E-state index in [-0.39, 0.29) is 37.1 Å². The molecule has 0 aliphatic carbocycles. The topological polar surface area (TPSA) is 117 Å². The van der Waals surface area contributed by atoms with Crippen LogP contribution < -0.4 is 27.2 Å². The van der Waals surface area contributed by atoms with Gasteiger partial charge in [0, 0.05) is 13.7 Å². The summed E-state index contributed by atoms with van der Waals surface area (Å²) in [5.41, 5.74) is -0.139. The lowest BCUT2D eigenvalue weighted by Crippen LogP contribution is -2.37. The number of methoxy groups -OCH3 is 1. The molecule has 0 atom stereocenters. The first-order chi connectivity index (χ1) is 12.6. The number of amides is 1. The fourth-order valence-electron chi connectivity index (χ4n) is 2.38. The molecule has 0 fully saturated rings. The van der Waals surface area contributed by atoms with Crippen molar-refractivity contribution in [2.24, 2.45) is 0 Å². The number of carbonyl (C=O) groups excluding carboxylic acids is 1. The summed E-state index contributed by atoms with van der Waals surface area (Å²) in [5, 5.41) is 8.37. The predicted molar refractivity (Wildman–Crippen MR) is 99.5 cm³/mol. The Balaban J connectivity index is 2.40. The van der Waals surface area contributed by atoms with Crippen LogP contribution >= 0.6 is 0 Å². The molecule has 140 valence electrons. The highest BCUT2D eigenvalue weighted by molar-refractivity contribution is 5.94. The zero-order valence-electron chi connectivity index (χ0n) is 14.8. The van der Waals surface area contributed by atoms with Crippen LogP contribution in [0.3, 0.4) is 0 Å². The van der Waals surface area contributed by atoms with Gasteiger partial charge in [-0.2, -0.15) is 0 Å². The molecule has 9 heteroatoms. The Morgan fingerprint density at radius 1 is 1.23 bits per heavy atom. The van der Waals surface area contributed by atoms with Crippen LogP contribution in [-0.4, -0.2) is 42.8 Å². The molecule has 9 nitrogen and oxygen atoms in total. The van der Waals surface area contributed by atoms with Gasteiger partial charge in [-0.15, -0.1) is 0 Å². The number of hydrogen-bond acceptors (Lipinski definition) is 6. The quantitative estimate of drug-likeness (QED) is 0.498. The molecule has 0 unspecified atom stereocenters. The van der Waals surface area contributed by atoms with E-state index in [4.69, 9.17) is 4.74 Å². The molecule has 4 N–H and O–H groups in total. The Bertz CT molecular complexity index is 844. The lowest BCUT2D eigenvalue weighted by molar-refractivity contribution is -0.115. The van der Waals surface area contributed by atoms with Crippen molar-refractivity contribution in [2.45, 2.75) is 13.1 Å². The van der Waals surface area contributed by atoms with Crippen LogP contribution in [0.25, 0.3) is 0 Å². The van der Waals surface area contributed by atoms with Crippen LogP contribution in [0.15, 0.2) is 39.9 Å². The SMILES string of the molecule is CNCC(=O)Nc1c(NCc2ccccc2)c(=O)[nH]c(=O)n1CCOC. The van der Waals surface area contributed by atoms with Crippen molar-refractivity contribution >= 4 is 17.4 Å². The van der Waals surface area contributed by atoms with Gasteiger partial charge in [0.15, 0.2) is 0 Å². The fraction of sp³-hybridized carbons (Fsp3) is 0.353. The zero-order chi connectivity index (χ0) is 18.9. The smallest absolute Gasteiger partial charge is 0.330 e. The number of aromatic amines is 1. The highest BCUT2D eigenvalue weighted by atomic mass is 16.5. The maximum atomic E-state index is 12.3. The lowest BCUT2D eigenvalue weighted by Gasteiger charge is -2.17. The van der Waals surface area contributed by atoms with Crippen molar-refractivity contribution in [2.75, 3.05) is 37.9 Å². The van der Waals surface area contributed by atoms with Crippen LogP contribution in [0.4, 0.5) is 11.5 Å². The van der Waals surface area contributed by atoms with Crippen LogP contribution in [0.1, 0.15) is 5.56 Å². The van der Waals surface area contributed by atoms with Crippen molar-refractivity contribution in [3.8, 4) is 0 Å². The van der Waals surface area contributed by atoms with Gasteiger partial charge in [0.2, 0.25) is 5.91 Å². The number of likely N-dealkylation sites (N-methyl/N-ethyl adjacent to an activating group) is 1. The number of carbonyl (C=O) groups is 1. The molecule has 0 aliphatic rings. The molecule has 0 spiro atoms. The van der Waals surface area contributed by atoms with E-state index < -0.39 is 11.2 Å². The predicted octanol–water partition coefficient (Wildman–Crippen LogP) is -0.0470. The minimum Gasteiger partial charge on any atom is -0.383 e. The molecule has 1 aromatic carbocycles. The third-order valence-corrected chi connectivity index (χ3v) is 3.63.